The number of aromatic carboxylic acids is 1. The van der Waals surface area contributed by atoms with E-state index in [0.717, 1.165) is 17.1 Å². The summed E-state index contributed by atoms with van der Waals surface area (Å²) < 4.78 is 51.7. The molecule has 2 aromatic rings. The molecule has 0 saturated heterocycles. The molecule has 0 fully saturated rings. The van der Waals surface area contributed by atoms with Crippen molar-refractivity contribution in [3.05, 3.63) is 47.8 Å². The monoisotopic (exact) mass is 345 g/mol. The summed E-state index contributed by atoms with van der Waals surface area (Å²) >= 11 is 0. The second kappa shape index (κ2) is 6.84. The van der Waals surface area contributed by atoms with E-state index in [1.54, 1.807) is 6.07 Å². The number of nitrogens with one attached hydrogen (secondary N) is 1. The van der Waals surface area contributed by atoms with Crippen LogP contribution in [0.3, 0.4) is 0 Å². The second-order valence-electron chi connectivity index (χ2n) is 4.62. The third-order valence-electron chi connectivity index (χ3n) is 2.89. The fraction of sp³-hybridized carbons (Fsp3) is 0.231. The maximum Gasteiger partial charge on any atom is 0.335 e. The molecule has 0 unspecified atom stereocenters. The van der Waals surface area contributed by atoms with Crippen molar-refractivity contribution in [1.29, 1.82) is 0 Å². The Morgan fingerprint density at radius 2 is 2.13 bits per heavy atom. The SMILES string of the molecule is O=C(O)c1cccc(CNS(=O)(=O)c2cnn(CC(F)F)c2)c1. The summed E-state index contributed by atoms with van der Waals surface area (Å²) in [5.41, 5.74) is 0.486. The molecule has 23 heavy (non-hydrogen) atoms. The van der Waals surface area contributed by atoms with Crippen LogP contribution in [0.5, 0.6) is 0 Å². The van der Waals surface area contributed by atoms with E-state index in [9.17, 15) is 22.0 Å². The summed E-state index contributed by atoms with van der Waals surface area (Å²) in [6.45, 7) is -0.834. The maximum atomic E-state index is 12.2. The van der Waals surface area contributed by atoms with Crippen molar-refractivity contribution in [3.8, 4) is 0 Å². The maximum absolute atomic E-state index is 12.2. The summed E-state index contributed by atoms with van der Waals surface area (Å²) in [7, 11) is -3.93. The molecular weight excluding hydrogens is 332 g/mol. The fourth-order valence-corrected chi connectivity index (χ4v) is 2.77. The third-order valence-corrected chi connectivity index (χ3v) is 4.24. The van der Waals surface area contributed by atoms with E-state index in [1.807, 2.05) is 0 Å². The number of carboxylic acid groups (broad SMARTS) is 1. The van der Waals surface area contributed by atoms with Crippen LogP contribution in [0.1, 0.15) is 15.9 Å². The smallest absolute Gasteiger partial charge is 0.335 e. The number of rotatable bonds is 7. The van der Waals surface area contributed by atoms with Crippen molar-refractivity contribution in [3.63, 3.8) is 0 Å². The number of nitrogens with zero attached hydrogens (tertiary/aromatic N) is 2. The van der Waals surface area contributed by atoms with Gasteiger partial charge in [0.25, 0.3) is 6.43 Å². The molecule has 0 spiro atoms. The third kappa shape index (κ3) is 4.57. The number of benzene rings is 1. The van der Waals surface area contributed by atoms with Crippen LogP contribution >= 0.6 is 0 Å². The molecular formula is C13H13F2N3O4S. The minimum absolute atomic E-state index is 0.0338. The lowest BCUT2D eigenvalue weighted by molar-refractivity contribution is 0.0696. The fourth-order valence-electron chi connectivity index (χ4n) is 1.80. The van der Waals surface area contributed by atoms with Gasteiger partial charge >= 0.3 is 5.97 Å². The van der Waals surface area contributed by atoms with Crippen molar-refractivity contribution in [1.82, 2.24) is 14.5 Å². The van der Waals surface area contributed by atoms with Gasteiger partial charge in [0.15, 0.2) is 0 Å². The first kappa shape index (κ1) is 17.0. The Kier molecular flexibility index (Phi) is 5.06. The van der Waals surface area contributed by atoms with Crippen molar-refractivity contribution in [2.45, 2.75) is 24.4 Å². The quantitative estimate of drug-likeness (QED) is 0.788. The molecule has 0 aliphatic heterocycles. The van der Waals surface area contributed by atoms with Gasteiger partial charge in [0.2, 0.25) is 10.0 Å². The Morgan fingerprint density at radius 1 is 1.39 bits per heavy atom. The van der Waals surface area contributed by atoms with Gasteiger partial charge in [-0.2, -0.15) is 5.10 Å². The second-order valence-corrected chi connectivity index (χ2v) is 6.39. The lowest BCUT2D eigenvalue weighted by Gasteiger charge is -2.05. The Hall–Kier alpha value is -2.33. The summed E-state index contributed by atoms with van der Waals surface area (Å²) in [6.07, 6.45) is -0.669. The van der Waals surface area contributed by atoms with Gasteiger partial charge in [-0.15, -0.1) is 0 Å². The predicted octanol–water partition coefficient (Wildman–Crippen LogP) is 1.32. The minimum atomic E-state index is -3.93. The highest BCUT2D eigenvalue weighted by molar-refractivity contribution is 7.89. The first-order valence-electron chi connectivity index (χ1n) is 6.40. The molecule has 0 aliphatic carbocycles. The van der Waals surface area contributed by atoms with E-state index >= 15 is 0 Å². The van der Waals surface area contributed by atoms with Gasteiger partial charge in [0.05, 0.1) is 11.8 Å². The lowest BCUT2D eigenvalue weighted by atomic mass is 10.1. The molecule has 0 atom stereocenters. The zero-order valence-electron chi connectivity index (χ0n) is 11.7. The van der Waals surface area contributed by atoms with E-state index in [0.29, 0.717) is 5.56 Å². The molecule has 1 aromatic carbocycles. The topological polar surface area (TPSA) is 101 Å². The average molecular weight is 345 g/mol. The Morgan fingerprint density at radius 3 is 2.78 bits per heavy atom. The number of hydrogen-bond acceptors (Lipinski definition) is 4. The molecule has 10 heteroatoms. The van der Waals surface area contributed by atoms with Gasteiger partial charge in [-0.3, -0.25) is 4.68 Å². The van der Waals surface area contributed by atoms with Crippen molar-refractivity contribution >= 4 is 16.0 Å². The van der Waals surface area contributed by atoms with Crippen LogP contribution in [0.25, 0.3) is 0 Å². The van der Waals surface area contributed by atoms with Gasteiger partial charge in [-0.25, -0.2) is 26.7 Å². The molecule has 0 aliphatic rings. The highest BCUT2D eigenvalue weighted by Crippen LogP contribution is 2.11. The first-order chi connectivity index (χ1) is 10.8. The van der Waals surface area contributed by atoms with Crippen molar-refractivity contribution in [2.75, 3.05) is 0 Å². The Labute approximate surface area is 130 Å². The van der Waals surface area contributed by atoms with Gasteiger partial charge in [-0.1, -0.05) is 12.1 Å². The highest BCUT2D eigenvalue weighted by Gasteiger charge is 2.17. The van der Waals surface area contributed by atoms with Gasteiger partial charge in [-0.05, 0) is 17.7 Å². The van der Waals surface area contributed by atoms with Crippen LogP contribution in [0, 0.1) is 0 Å². The van der Waals surface area contributed by atoms with E-state index in [1.165, 1.54) is 18.2 Å². The van der Waals surface area contributed by atoms with Crippen LogP contribution in [0.4, 0.5) is 8.78 Å². The molecule has 1 aromatic heterocycles. The molecule has 124 valence electrons. The number of carboxylic acids is 1. The van der Waals surface area contributed by atoms with E-state index in [2.05, 4.69) is 9.82 Å². The average Bonchev–Trinajstić information content (AvgIpc) is 2.94. The van der Waals surface area contributed by atoms with E-state index in [4.69, 9.17) is 5.11 Å². The number of hydrogen-bond donors (Lipinski definition) is 2. The molecule has 2 N–H and O–H groups in total. The Balaban J connectivity index is 2.08. The molecule has 1 heterocycles. The Bertz CT molecular complexity index is 805. The number of carbonyl (C=O) groups is 1. The van der Waals surface area contributed by atoms with Crippen LogP contribution in [-0.2, 0) is 23.1 Å². The summed E-state index contributed by atoms with van der Waals surface area (Å²) in [6, 6.07) is 5.78. The number of alkyl halides is 2. The zero-order chi connectivity index (χ0) is 17.0. The van der Waals surface area contributed by atoms with Gasteiger partial charge in [0.1, 0.15) is 11.4 Å². The summed E-state index contributed by atoms with van der Waals surface area (Å²) in [5.74, 6) is -1.12. The highest BCUT2D eigenvalue weighted by atomic mass is 32.2. The molecule has 0 radical (unpaired) electrons. The standard InChI is InChI=1S/C13H13F2N3O4S/c14-12(15)8-18-7-11(6-16-18)23(21,22)17-5-9-2-1-3-10(4-9)13(19)20/h1-4,6-7,12,17H,5,8H2,(H,19,20). The normalized spacial score (nSPS) is 11.8. The zero-order valence-corrected chi connectivity index (χ0v) is 12.5. The molecule has 0 saturated carbocycles. The van der Waals surface area contributed by atoms with Crippen LogP contribution in [0.2, 0.25) is 0 Å². The van der Waals surface area contributed by atoms with Crippen LogP contribution < -0.4 is 4.72 Å². The van der Waals surface area contributed by atoms with Crippen LogP contribution in [0.15, 0.2) is 41.6 Å². The van der Waals surface area contributed by atoms with E-state index in [-0.39, 0.29) is 17.0 Å². The molecule has 0 amide bonds. The first-order valence-corrected chi connectivity index (χ1v) is 7.89. The van der Waals surface area contributed by atoms with E-state index < -0.39 is 29.0 Å². The number of aromatic nitrogens is 2. The van der Waals surface area contributed by atoms with Crippen LogP contribution in [-0.4, -0.2) is 35.7 Å². The van der Waals surface area contributed by atoms with Gasteiger partial charge < -0.3 is 5.11 Å². The summed E-state index contributed by atoms with van der Waals surface area (Å²) in [4.78, 5) is 10.6. The van der Waals surface area contributed by atoms with Gasteiger partial charge in [0, 0.05) is 12.7 Å². The minimum Gasteiger partial charge on any atom is -0.478 e. The van der Waals surface area contributed by atoms with Crippen molar-refractivity contribution < 1.29 is 27.1 Å². The van der Waals surface area contributed by atoms with Crippen molar-refractivity contribution in [2.24, 2.45) is 0 Å². The molecule has 2 rings (SSSR count). The predicted molar refractivity (Wildman–Crippen MR) is 75.7 cm³/mol. The summed E-state index contributed by atoms with van der Waals surface area (Å²) in [5, 5.41) is 12.4. The number of halogens is 2. The molecule has 0 bridgehead atoms. The lowest BCUT2D eigenvalue weighted by Crippen LogP contribution is -2.23. The largest absolute Gasteiger partial charge is 0.478 e. The number of sulfonamides is 1. The molecule has 7 nitrogen and oxygen atoms in total.